The Hall–Kier alpha value is -1.85. The number of benzene rings is 1. The number of fused-ring (bicyclic) bond motifs is 1. The summed E-state index contributed by atoms with van der Waals surface area (Å²) in [5, 5.41) is 4.91. The molecule has 3 rings (SSSR count). The van der Waals surface area contributed by atoms with E-state index in [2.05, 4.69) is 15.3 Å². The van der Waals surface area contributed by atoms with Crippen LogP contribution in [-0.2, 0) is 0 Å². The van der Waals surface area contributed by atoms with Crippen LogP contribution in [0.2, 0.25) is 5.02 Å². The highest BCUT2D eigenvalue weighted by atomic mass is 35.5. The lowest BCUT2D eigenvalue weighted by molar-refractivity contribution is 0.102. The van der Waals surface area contributed by atoms with E-state index in [1.165, 1.54) is 11.3 Å². The zero-order chi connectivity index (χ0) is 14.3. The highest BCUT2D eigenvalue weighted by Gasteiger charge is 2.13. The van der Waals surface area contributed by atoms with E-state index in [4.69, 9.17) is 11.6 Å². The Morgan fingerprint density at radius 3 is 2.85 bits per heavy atom. The van der Waals surface area contributed by atoms with Gasteiger partial charge < -0.3 is 4.98 Å². The average Bonchev–Trinajstić information content (AvgIpc) is 2.95. The Labute approximate surface area is 124 Å². The summed E-state index contributed by atoms with van der Waals surface area (Å²) >= 11 is 7.55. The molecule has 0 aliphatic heterocycles. The number of aryl methyl sites for hydroxylation is 2. The number of nitrogens with zero attached hydrogens (tertiary/aromatic N) is 1. The van der Waals surface area contributed by atoms with Gasteiger partial charge in [-0.3, -0.25) is 10.1 Å². The third-order valence-corrected chi connectivity index (χ3v) is 4.40. The number of hydrogen-bond acceptors (Lipinski definition) is 3. The summed E-state index contributed by atoms with van der Waals surface area (Å²) in [4.78, 5) is 20.6. The summed E-state index contributed by atoms with van der Waals surface area (Å²) in [5.74, 6) is -0.217. The van der Waals surface area contributed by atoms with E-state index in [0.717, 1.165) is 21.5 Å². The van der Waals surface area contributed by atoms with Crippen molar-refractivity contribution in [3.8, 4) is 0 Å². The van der Waals surface area contributed by atoms with Gasteiger partial charge in [-0.15, -0.1) is 11.3 Å². The standard InChI is InChI=1S/C14H12ClN3OS/c1-7-8(2)20-14(16-7)18-13(19)11-6-9-4-3-5-10(15)12(9)17-11/h3-6,17H,1-2H3,(H,16,18,19). The van der Waals surface area contributed by atoms with Gasteiger partial charge in [0.2, 0.25) is 0 Å². The molecule has 0 spiro atoms. The molecule has 0 aliphatic carbocycles. The van der Waals surface area contributed by atoms with Crippen molar-refractivity contribution in [1.29, 1.82) is 0 Å². The van der Waals surface area contributed by atoms with Gasteiger partial charge in [-0.1, -0.05) is 23.7 Å². The van der Waals surface area contributed by atoms with E-state index in [-0.39, 0.29) is 5.91 Å². The highest BCUT2D eigenvalue weighted by Crippen LogP contribution is 2.25. The minimum atomic E-state index is -0.217. The Bertz CT molecular complexity index is 786. The van der Waals surface area contributed by atoms with Crippen molar-refractivity contribution >= 4 is 44.9 Å². The second-order valence-electron chi connectivity index (χ2n) is 4.50. The lowest BCUT2D eigenvalue weighted by Crippen LogP contribution is -2.11. The third kappa shape index (κ3) is 2.30. The molecule has 1 amide bonds. The molecule has 2 aromatic heterocycles. The SMILES string of the molecule is Cc1nc(NC(=O)c2cc3cccc(Cl)c3[nH]2)sc1C. The second-order valence-corrected chi connectivity index (χ2v) is 6.11. The van der Waals surface area contributed by atoms with E-state index in [1.807, 2.05) is 26.0 Å². The minimum absolute atomic E-state index is 0.217. The molecule has 0 saturated heterocycles. The van der Waals surface area contributed by atoms with Crippen molar-refractivity contribution in [1.82, 2.24) is 9.97 Å². The molecule has 0 bridgehead atoms. The number of aromatic amines is 1. The number of H-pyrrole nitrogens is 1. The number of aromatic nitrogens is 2. The maximum absolute atomic E-state index is 12.2. The molecule has 6 heteroatoms. The van der Waals surface area contributed by atoms with Crippen LogP contribution in [0.25, 0.3) is 10.9 Å². The molecule has 0 saturated carbocycles. The van der Waals surface area contributed by atoms with Crippen LogP contribution in [0, 0.1) is 13.8 Å². The number of carbonyl (C=O) groups is 1. The van der Waals surface area contributed by atoms with Gasteiger partial charge in [0.25, 0.3) is 5.91 Å². The Kier molecular flexibility index (Phi) is 3.23. The van der Waals surface area contributed by atoms with E-state index in [9.17, 15) is 4.79 Å². The molecule has 4 nitrogen and oxygen atoms in total. The Morgan fingerprint density at radius 2 is 2.20 bits per heavy atom. The predicted molar refractivity (Wildman–Crippen MR) is 82.8 cm³/mol. The fraction of sp³-hybridized carbons (Fsp3) is 0.143. The summed E-state index contributed by atoms with van der Waals surface area (Å²) < 4.78 is 0. The number of anilines is 1. The highest BCUT2D eigenvalue weighted by molar-refractivity contribution is 7.15. The first-order chi connectivity index (χ1) is 9.54. The van der Waals surface area contributed by atoms with Gasteiger partial charge >= 0.3 is 0 Å². The number of thiazole rings is 1. The van der Waals surface area contributed by atoms with Crippen molar-refractivity contribution in [2.24, 2.45) is 0 Å². The Balaban J connectivity index is 1.90. The quantitative estimate of drug-likeness (QED) is 0.747. The molecular formula is C14H12ClN3OS. The van der Waals surface area contributed by atoms with Crippen molar-refractivity contribution < 1.29 is 4.79 Å². The topological polar surface area (TPSA) is 57.8 Å². The number of hydrogen-bond donors (Lipinski definition) is 2. The van der Waals surface area contributed by atoms with Crippen LogP contribution in [0.4, 0.5) is 5.13 Å². The summed E-state index contributed by atoms with van der Waals surface area (Å²) in [7, 11) is 0. The number of amides is 1. The molecule has 0 fully saturated rings. The van der Waals surface area contributed by atoms with Crippen LogP contribution in [0.5, 0.6) is 0 Å². The number of halogens is 1. The van der Waals surface area contributed by atoms with E-state index >= 15 is 0 Å². The first-order valence-electron chi connectivity index (χ1n) is 6.07. The largest absolute Gasteiger partial charge is 0.349 e. The molecule has 1 aromatic carbocycles. The van der Waals surface area contributed by atoms with Gasteiger partial charge in [0.05, 0.1) is 16.2 Å². The van der Waals surface area contributed by atoms with Crippen molar-refractivity contribution in [2.45, 2.75) is 13.8 Å². The first-order valence-corrected chi connectivity index (χ1v) is 7.26. The van der Waals surface area contributed by atoms with Gasteiger partial charge in [-0.25, -0.2) is 4.98 Å². The first kappa shape index (κ1) is 13.1. The lowest BCUT2D eigenvalue weighted by Gasteiger charge is -1.98. The fourth-order valence-electron chi connectivity index (χ4n) is 1.93. The molecule has 0 atom stereocenters. The molecule has 2 heterocycles. The van der Waals surface area contributed by atoms with Gasteiger partial charge in [-0.2, -0.15) is 0 Å². The smallest absolute Gasteiger partial charge is 0.273 e. The minimum Gasteiger partial charge on any atom is -0.349 e. The van der Waals surface area contributed by atoms with Gasteiger partial charge in [0, 0.05) is 10.3 Å². The molecule has 3 aromatic rings. The van der Waals surface area contributed by atoms with Gasteiger partial charge in [-0.05, 0) is 26.0 Å². The molecule has 102 valence electrons. The average molecular weight is 306 g/mol. The van der Waals surface area contributed by atoms with Crippen LogP contribution < -0.4 is 5.32 Å². The molecule has 20 heavy (non-hydrogen) atoms. The molecule has 0 unspecified atom stereocenters. The number of nitrogens with one attached hydrogen (secondary N) is 2. The zero-order valence-electron chi connectivity index (χ0n) is 11.0. The van der Waals surface area contributed by atoms with Gasteiger partial charge in [0.1, 0.15) is 5.69 Å². The zero-order valence-corrected chi connectivity index (χ0v) is 12.5. The van der Waals surface area contributed by atoms with Gasteiger partial charge in [0.15, 0.2) is 5.13 Å². The lowest BCUT2D eigenvalue weighted by atomic mass is 10.2. The number of carbonyl (C=O) groups excluding carboxylic acids is 1. The second kappa shape index (κ2) is 4.92. The van der Waals surface area contributed by atoms with Crippen molar-refractivity contribution in [3.63, 3.8) is 0 Å². The summed E-state index contributed by atoms with van der Waals surface area (Å²) in [6.45, 7) is 3.90. The third-order valence-electron chi connectivity index (χ3n) is 3.10. The molecule has 0 radical (unpaired) electrons. The van der Waals surface area contributed by atoms with Crippen LogP contribution >= 0.6 is 22.9 Å². The van der Waals surface area contributed by atoms with E-state index < -0.39 is 0 Å². The van der Waals surface area contributed by atoms with Crippen LogP contribution in [-0.4, -0.2) is 15.9 Å². The number of para-hydroxylation sites is 1. The van der Waals surface area contributed by atoms with Crippen LogP contribution in [0.3, 0.4) is 0 Å². The van der Waals surface area contributed by atoms with Crippen molar-refractivity contribution in [3.05, 3.63) is 45.6 Å². The maximum atomic E-state index is 12.2. The van der Waals surface area contributed by atoms with Crippen LogP contribution in [0.15, 0.2) is 24.3 Å². The molecular weight excluding hydrogens is 294 g/mol. The fourth-order valence-corrected chi connectivity index (χ4v) is 2.97. The molecule has 2 N–H and O–H groups in total. The predicted octanol–water partition coefficient (Wildman–Crippen LogP) is 4.15. The maximum Gasteiger partial charge on any atom is 0.273 e. The Morgan fingerprint density at radius 1 is 1.40 bits per heavy atom. The van der Waals surface area contributed by atoms with E-state index in [0.29, 0.717) is 15.8 Å². The number of rotatable bonds is 2. The van der Waals surface area contributed by atoms with E-state index in [1.54, 1.807) is 12.1 Å². The van der Waals surface area contributed by atoms with Crippen molar-refractivity contribution in [2.75, 3.05) is 5.32 Å². The monoisotopic (exact) mass is 305 g/mol. The molecule has 0 aliphatic rings. The van der Waals surface area contributed by atoms with Crippen LogP contribution in [0.1, 0.15) is 21.1 Å². The normalized spacial score (nSPS) is 10.9. The summed E-state index contributed by atoms with van der Waals surface area (Å²) in [6.07, 6.45) is 0. The summed E-state index contributed by atoms with van der Waals surface area (Å²) in [6, 6.07) is 7.33. The summed E-state index contributed by atoms with van der Waals surface area (Å²) in [5.41, 5.74) is 2.18.